The summed E-state index contributed by atoms with van der Waals surface area (Å²) in [5, 5.41) is 4.17. The average Bonchev–Trinajstić information content (AvgIpc) is 2.58. The van der Waals surface area contributed by atoms with Gasteiger partial charge in [-0.3, -0.25) is 0 Å². The van der Waals surface area contributed by atoms with Crippen molar-refractivity contribution >= 4 is 22.3 Å². The molecule has 4 N–H and O–H groups in total. The third-order valence-corrected chi connectivity index (χ3v) is 2.18. The van der Waals surface area contributed by atoms with E-state index in [0.29, 0.717) is 10.9 Å². The number of anilines is 2. The van der Waals surface area contributed by atoms with Gasteiger partial charge in [-0.1, -0.05) is 0 Å². The lowest BCUT2D eigenvalue weighted by atomic mass is 10.5. The normalized spacial score (nSPS) is 10.3. The van der Waals surface area contributed by atoms with E-state index in [1.807, 2.05) is 6.07 Å². The van der Waals surface area contributed by atoms with Crippen molar-refractivity contribution < 1.29 is 4.52 Å². The summed E-state index contributed by atoms with van der Waals surface area (Å²) in [5.74, 6) is 0.547. The molecule has 0 aliphatic carbocycles. The van der Waals surface area contributed by atoms with Gasteiger partial charge in [-0.2, -0.15) is 4.98 Å². The van der Waals surface area contributed by atoms with Crippen molar-refractivity contribution in [2.24, 2.45) is 0 Å². The molecule has 0 bridgehead atoms. The van der Waals surface area contributed by atoms with Crippen molar-refractivity contribution in [1.82, 2.24) is 10.1 Å². The standard InChI is InChI=1S/C6H6N4OS/c7-4-2-1-3(12-4)5-9-6(8)10-11-5/h1-2H,7H2,(H2,8,10). The number of thiophene rings is 1. The molecule has 2 rings (SSSR count). The predicted octanol–water partition coefficient (Wildman–Crippen LogP) is 0.962. The van der Waals surface area contributed by atoms with E-state index in [9.17, 15) is 0 Å². The van der Waals surface area contributed by atoms with Gasteiger partial charge in [-0.15, -0.1) is 11.3 Å². The Hall–Kier alpha value is -1.56. The molecule has 0 fully saturated rings. The topological polar surface area (TPSA) is 91.0 Å². The third-order valence-electron chi connectivity index (χ3n) is 1.28. The SMILES string of the molecule is Nc1noc(-c2ccc(N)s2)n1. The summed E-state index contributed by atoms with van der Waals surface area (Å²) in [7, 11) is 0. The Kier molecular flexibility index (Phi) is 1.47. The maximum atomic E-state index is 5.52. The number of aromatic nitrogens is 2. The maximum Gasteiger partial charge on any atom is 0.269 e. The van der Waals surface area contributed by atoms with Crippen LogP contribution in [0, 0.1) is 0 Å². The van der Waals surface area contributed by atoms with Crippen LogP contribution in [0.3, 0.4) is 0 Å². The van der Waals surface area contributed by atoms with Gasteiger partial charge in [-0.05, 0) is 17.3 Å². The highest BCUT2D eigenvalue weighted by Crippen LogP contribution is 2.28. The van der Waals surface area contributed by atoms with Crippen LogP contribution in [0.2, 0.25) is 0 Å². The van der Waals surface area contributed by atoms with Crippen LogP contribution < -0.4 is 11.5 Å². The zero-order valence-electron chi connectivity index (χ0n) is 6.02. The van der Waals surface area contributed by atoms with E-state index in [0.717, 1.165) is 4.88 Å². The van der Waals surface area contributed by atoms with Gasteiger partial charge < -0.3 is 16.0 Å². The summed E-state index contributed by atoms with van der Waals surface area (Å²) in [6.07, 6.45) is 0. The highest BCUT2D eigenvalue weighted by atomic mass is 32.1. The first-order chi connectivity index (χ1) is 5.75. The Morgan fingerprint density at radius 1 is 1.33 bits per heavy atom. The minimum atomic E-state index is 0.136. The molecular formula is C6H6N4OS. The predicted molar refractivity (Wildman–Crippen MR) is 46.4 cm³/mol. The molecular weight excluding hydrogens is 176 g/mol. The van der Waals surface area contributed by atoms with Crippen LogP contribution in [0.5, 0.6) is 0 Å². The quantitative estimate of drug-likeness (QED) is 0.685. The fraction of sp³-hybridized carbons (Fsp3) is 0. The van der Waals surface area contributed by atoms with E-state index in [4.69, 9.17) is 16.0 Å². The summed E-state index contributed by atoms with van der Waals surface area (Å²) in [5.41, 5.74) is 10.8. The van der Waals surface area contributed by atoms with Gasteiger partial charge in [0.15, 0.2) is 0 Å². The molecule has 0 atom stereocenters. The van der Waals surface area contributed by atoms with Gasteiger partial charge >= 0.3 is 0 Å². The second kappa shape index (κ2) is 2.49. The number of rotatable bonds is 1. The van der Waals surface area contributed by atoms with E-state index in [-0.39, 0.29) is 5.95 Å². The summed E-state index contributed by atoms with van der Waals surface area (Å²) in [6, 6.07) is 3.59. The van der Waals surface area contributed by atoms with E-state index in [2.05, 4.69) is 10.1 Å². The smallest absolute Gasteiger partial charge is 0.269 e. The molecule has 62 valence electrons. The highest BCUT2D eigenvalue weighted by Gasteiger charge is 2.07. The Bertz CT molecular complexity index is 355. The van der Waals surface area contributed by atoms with Crippen LogP contribution in [-0.2, 0) is 0 Å². The average molecular weight is 182 g/mol. The van der Waals surface area contributed by atoms with E-state index >= 15 is 0 Å². The first-order valence-corrected chi connectivity index (χ1v) is 4.02. The van der Waals surface area contributed by atoms with Crippen LogP contribution in [-0.4, -0.2) is 10.1 Å². The molecule has 0 aliphatic heterocycles. The lowest BCUT2D eigenvalue weighted by molar-refractivity contribution is 0.434. The van der Waals surface area contributed by atoms with Gasteiger partial charge in [0.2, 0.25) is 0 Å². The molecule has 0 amide bonds. The molecule has 12 heavy (non-hydrogen) atoms. The van der Waals surface area contributed by atoms with Crippen molar-refractivity contribution in [2.75, 3.05) is 11.5 Å². The highest BCUT2D eigenvalue weighted by molar-refractivity contribution is 7.19. The Morgan fingerprint density at radius 3 is 2.67 bits per heavy atom. The van der Waals surface area contributed by atoms with Crippen molar-refractivity contribution in [3.05, 3.63) is 12.1 Å². The largest absolute Gasteiger partial charge is 0.391 e. The second-order valence-electron chi connectivity index (χ2n) is 2.16. The Labute approximate surface area is 72.0 Å². The first kappa shape index (κ1) is 7.11. The molecule has 0 spiro atoms. The summed E-state index contributed by atoms with van der Waals surface area (Å²) in [6.45, 7) is 0. The molecule has 2 aromatic heterocycles. The van der Waals surface area contributed by atoms with E-state index < -0.39 is 0 Å². The first-order valence-electron chi connectivity index (χ1n) is 3.20. The third kappa shape index (κ3) is 1.12. The molecule has 5 nitrogen and oxygen atoms in total. The summed E-state index contributed by atoms with van der Waals surface area (Å²) < 4.78 is 4.83. The molecule has 0 aliphatic rings. The lowest BCUT2D eigenvalue weighted by Gasteiger charge is -1.82. The number of nitrogen functional groups attached to an aromatic ring is 2. The zero-order chi connectivity index (χ0) is 8.55. The minimum Gasteiger partial charge on any atom is -0.391 e. The molecule has 0 radical (unpaired) electrons. The van der Waals surface area contributed by atoms with Crippen molar-refractivity contribution in [3.8, 4) is 10.8 Å². The number of nitrogens with two attached hydrogens (primary N) is 2. The van der Waals surface area contributed by atoms with Crippen LogP contribution in [0.1, 0.15) is 0 Å². The fourth-order valence-corrected chi connectivity index (χ4v) is 1.50. The fourth-order valence-electron chi connectivity index (χ4n) is 0.803. The van der Waals surface area contributed by atoms with Gasteiger partial charge in [-0.25, -0.2) is 0 Å². The molecule has 2 heterocycles. The van der Waals surface area contributed by atoms with Gasteiger partial charge in [0.05, 0.1) is 9.88 Å². The van der Waals surface area contributed by atoms with Crippen LogP contribution >= 0.6 is 11.3 Å². The van der Waals surface area contributed by atoms with E-state index in [1.54, 1.807) is 6.07 Å². The van der Waals surface area contributed by atoms with Crippen molar-refractivity contribution in [1.29, 1.82) is 0 Å². The van der Waals surface area contributed by atoms with Crippen LogP contribution in [0.15, 0.2) is 16.7 Å². The monoisotopic (exact) mass is 182 g/mol. The number of hydrogen-bond acceptors (Lipinski definition) is 6. The lowest BCUT2D eigenvalue weighted by Crippen LogP contribution is -1.84. The zero-order valence-corrected chi connectivity index (χ0v) is 6.84. The van der Waals surface area contributed by atoms with E-state index in [1.165, 1.54) is 11.3 Å². The molecule has 0 saturated heterocycles. The van der Waals surface area contributed by atoms with Crippen molar-refractivity contribution in [3.63, 3.8) is 0 Å². The molecule has 0 saturated carbocycles. The van der Waals surface area contributed by atoms with Crippen LogP contribution in [0.25, 0.3) is 10.8 Å². The van der Waals surface area contributed by atoms with Gasteiger partial charge in [0, 0.05) is 0 Å². The molecule has 0 unspecified atom stereocenters. The Balaban J connectivity index is 2.43. The number of nitrogens with zero attached hydrogens (tertiary/aromatic N) is 2. The molecule has 0 aromatic carbocycles. The maximum absolute atomic E-state index is 5.52. The van der Waals surface area contributed by atoms with Gasteiger partial charge in [0.25, 0.3) is 11.8 Å². The second-order valence-corrected chi connectivity index (χ2v) is 3.28. The summed E-state index contributed by atoms with van der Waals surface area (Å²) in [4.78, 5) is 4.68. The van der Waals surface area contributed by atoms with Crippen LogP contribution in [0.4, 0.5) is 10.9 Å². The number of hydrogen-bond donors (Lipinski definition) is 2. The minimum absolute atomic E-state index is 0.136. The molecule has 2 aromatic rings. The summed E-state index contributed by atoms with van der Waals surface area (Å²) >= 11 is 1.38. The van der Waals surface area contributed by atoms with Crippen molar-refractivity contribution in [2.45, 2.75) is 0 Å². The Morgan fingerprint density at radius 2 is 2.17 bits per heavy atom. The molecule has 6 heteroatoms. The van der Waals surface area contributed by atoms with Gasteiger partial charge in [0.1, 0.15) is 0 Å².